The van der Waals surface area contributed by atoms with Gasteiger partial charge in [0.2, 0.25) is 5.91 Å². The molecule has 0 aliphatic rings. The molecule has 0 fully saturated rings. The molecule has 4 N–H and O–H groups in total. The number of benzene rings is 1. The predicted octanol–water partition coefficient (Wildman–Crippen LogP) is 0.639. The van der Waals surface area contributed by atoms with Gasteiger partial charge in [-0.05, 0) is 24.6 Å². The van der Waals surface area contributed by atoms with Crippen molar-refractivity contribution in [2.75, 3.05) is 39.9 Å². The third-order valence-electron chi connectivity index (χ3n) is 3.31. The maximum Gasteiger partial charge on any atom is 0.387 e. The van der Waals surface area contributed by atoms with Gasteiger partial charge >= 0.3 is 6.61 Å². The number of amides is 1. The molecule has 27 heavy (non-hydrogen) atoms. The molecule has 8 nitrogen and oxygen atoms in total. The molecule has 0 aromatic heterocycles. The molecule has 1 unspecified atom stereocenters. The van der Waals surface area contributed by atoms with E-state index in [1.54, 1.807) is 7.11 Å². The first kappa shape index (κ1) is 22.6. The minimum absolute atomic E-state index is 0.0169. The zero-order chi connectivity index (χ0) is 20.1. The van der Waals surface area contributed by atoms with Crippen LogP contribution in [-0.4, -0.2) is 63.5 Å². The number of guanidine groups is 1. The fourth-order valence-electron chi connectivity index (χ4n) is 2.02. The quantitative estimate of drug-likeness (QED) is 0.252. The van der Waals surface area contributed by atoms with Crippen LogP contribution in [0.1, 0.15) is 18.6 Å². The molecule has 0 saturated heterocycles. The van der Waals surface area contributed by atoms with E-state index in [1.807, 2.05) is 6.92 Å². The first-order chi connectivity index (χ1) is 13.0. The van der Waals surface area contributed by atoms with Gasteiger partial charge in [0.05, 0.1) is 12.7 Å². The summed E-state index contributed by atoms with van der Waals surface area (Å²) < 4.78 is 33.4. The Morgan fingerprint density at radius 3 is 2.52 bits per heavy atom. The van der Waals surface area contributed by atoms with Gasteiger partial charge in [-0.25, -0.2) is 4.99 Å². The molecule has 1 aromatic rings. The van der Waals surface area contributed by atoms with Gasteiger partial charge in [-0.15, -0.1) is 0 Å². The summed E-state index contributed by atoms with van der Waals surface area (Å²) in [6, 6.07) is 5.71. The minimum Gasteiger partial charge on any atom is -0.435 e. The van der Waals surface area contributed by atoms with Crippen molar-refractivity contribution in [2.24, 2.45) is 4.99 Å². The maximum atomic E-state index is 12.1. The van der Waals surface area contributed by atoms with E-state index < -0.39 is 12.7 Å². The van der Waals surface area contributed by atoms with E-state index in [0.717, 1.165) is 0 Å². The Balaban J connectivity index is 2.52. The highest BCUT2D eigenvalue weighted by Crippen LogP contribution is 2.18. The number of hydrogen-bond donors (Lipinski definition) is 4. The summed E-state index contributed by atoms with van der Waals surface area (Å²) >= 11 is 0. The number of ether oxygens (including phenoxy) is 2. The molecular weight excluding hydrogens is 362 g/mol. The van der Waals surface area contributed by atoms with Gasteiger partial charge in [-0.1, -0.05) is 12.1 Å². The zero-order valence-corrected chi connectivity index (χ0v) is 15.4. The molecule has 0 heterocycles. The normalized spacial score (nSPS) is 12.6. The highest BCUT2D eigenvalue weighted by molar-refractivity contribution is 5.84. The summed E-state index contributed by atoms with van der Waals surface area (Å²) in [5.41, 5.74) is 0.525. The second-order valence-electron chi connectivity index (χ2n) is 5.38. The van der Waals surface area contributed by atoms with Crippen molar-refractivity contribution in [3.63, 3.8) is 0 Å². The van der Waals surface area contributed by atoms with Crippen LogP contribution in [-0.2, 0) is 9.53 Å². The van der Waals surface area contributed by atoms with Crippen LogP contribution in [0.4, 0.5) is 8.78 Å². The first-order valence-corrected chi connectivity index (χ1v) is 8.46. The van der Waals surface area contributed by atoms with Gasteiger partial charge in [-0.2, -0.15) is 8.78 Å². The number of rotatable bonds is 11. The average Bonchev–Trinajstić information content (AvgIpc) is 2.64. The minimum atomic E-state index is -2.90. The first-order valence-electron chi connectivity index (χ1n) is 8.46. The molecule has 0 saturated carbocycles. The fourth-order valence-corrected chi connectivity index (χ4v) is 2.02. The Morgan fingerprint density at radius 1 is 1.22 bits per heavy atom. The molecule has 0 bridgehead atoms. The van der Waals surface area contributed by atoms with E-state index in [2.05, 4.69) is 25.7 Å². The Bertz CT molecular complexity index is 585. The molecular formula is C17H26F2N4O4. The summed E-state index contributed by atoms with van der Waals surface area (Å²) in [5.74, 6) is 0.138. The Labute approximate surface area is 157 Å². The molecule has 0 radical (unpaired) electrons. The van der Waals surface area contributed by atoms with Crippen LogP contribution in [0.3, 0.4) is 0 Å². The average molecular weight is 388 g/mol. The van der Waals surface area contributed by atoms with E-state index in [9.17, 15) is 18.7 Å². The number of aliphatic hydroxyl groups excluding tert-OH is 1. The van der Waals surface area contributed by atoms with Gasteiger partial charge in [0.25, 0.3) is 0 Å². The topological polar surface area (TPSA) is 104 Å². The monoisotopic (exact) mass is 388 g/mol. The lowest BCUT2D eigenvalue weighted by Crippen LogP contribution is -2.40. The van der Waals surface area contributed by atoms with E-state index in [1.165, 1.54) is 24.3 Å². The molecule has 0 aliphatic heterocycles. The number of nitrogens with zero attached hydrogens (tertiary/aromatic N) is 1. The lowest BCUT2D eigenvalue weighted by atomic mass is 10.1. The van der Waals surface area contributed by atoms with Crippen molar-refractivity contribution >= 4 is 11.9 Å². The highest BCUT2D eigenvalue weighted by atomic mass is 19.3. The van der Waals surface area contributed by atoms with Crippen molar-refractivity contribution in [3.05, 3.63) is 29.8 Å². The predicted molar refractivity (Wildman–Crippen MR) is 96.9 cm³/mol. The van der Waals surface area contributed by atoms with Crippen molar-refractivity contribution in [2.45, 2.75) is 19.6 Å². The zero-order valence-electron chi connectivity index (χ0n) is 15.4. The number of aliphatic imine (C=N–C) groups is 1. The van der Waals surface area contributed by atoms with E-state index in [4.69, 9.17) is 4.74 Å². The van der Waals surface area contributed by atoms with Gasteiger partial charge in [0.1, 0.15) is 12.3 Å². The molecule has 0 spiro atoms. The van der Waals surface area contributed by atoms with Crippen molar-refractivity contribution in [3.8, 4) is 5.75 Å². The van der Waals surface area contributed by atoms with E-state index in [-0.39, 0.29) is 24.7 Å². The lowest BCUT2D eigenvalue weighted by molar-refractivity contribution is -0.119. The molecule has 10 heteroatoms. The molecule has 1 amide bonds. The third kappa shape index (κ3) is 9.71. The van der Waals surface area contributed by atoms with Gasteiger partial charge < -0.3 is 30.5 Å². The Hall–Kier alpha value is -2.46. The Morgan fingerprint density at radius 2 is 1.93 bits per heavy atom. The number of halogens is 2. The van der Waals surface area contributed by atoms with Crippen molar-refractivity contribution < 1.29 is 28.2 Å². The van der Waals surface area contributed by atoms with Crippen LogP contribution >= 0.6 is 0 Å². The second kappa shape index (κ2) is 12.8. The highest BCUT2D eigenvalue weighted by Gasteiger charge is 2.10. The van der Waals surface area contributed by atoms with Crippen molar-refractivity contribution in [1.29, 1.82) is 0 Å². The summed E-state index contributed by atoms with van der Waals surface area (Å²) in [7, 11) is 1.54. The molecule has 152 valence electrons. The van der Waals surface area contributed by atoms with Gasteiger partial charge in [0.15, 0.2) is 5.96 Å². The maximum absolute atomic E-state index is 12.1. The second-order valence-corrected chi connectivity index (χ2v) is 5.38. The number of aliphatic hydroxyl groups is 1. The van der Waals surface area contributed by atoms with Crippen LogP contribution in [0, 0.1) is 0 Å². The summed E-state index contributed by atoms with van der Waals surface area (Å²) in [5, 5.41) is 18.7. The largest absolute Gasteiger partial charge is 0.435 e. The SMILES string of the molecule is CCNC(=NCC(=O)NCCOC)NCC(O)c1ccc(OC(F)F)cc1. The van der Waals surface area contributed by atoms with Gasteiger partial charge in [-0.3, -0.25) is 4.79 Å². The number of methoxy groups -OCH3 is 1. The molecule has 1 aromatic carbocycles. The van der Waals surface area contributed by atoms with E-state index >= 15 is 0 Å². The van der Waals surface area contributed by atoms with Crippen LogP contribution < -0.4 is 20.7 Å². The van der Waals surface area contributed by atoms with Crippen LogP contribution in [0.15, 0.2) is 29.3 Å². The number of carbonyl (C=O) groups excluding carboxylic acids is 1. The van der Waals surface area contributed by atoms with E-state index in [0.29, 0.717) is 31.2 Å². The van der Waals surface area contributed by atoms with Crippen LogP contribution in [0.25, 0.3) is 0 Å². The van der Waals surface area contributed by atoms with Crippen LogP contribution in [0.2, 0.25) is 0 Å². The Kier molecular flexibility index (Phi) is 10.7. The lowest BCUT2D eigenvalue weighted by Gasteiger charge is -2.16. The summed E-state index contributed by atoms with van der Waals surface area (Å²) in [4.78, 5) is 15.8. The summed E-state index contributed by atoms with van der Waals surface area (Å²) in [6.45, 7) is 0.412. The third-order valence-corrected chi connectivity index (χ3v) is 3.31. The molecule has 1 atom stereocenters. The van der Waals surface area contributed by atoms with Crippen molar-refractivity contribution in [1.82, 2.24) is 16.0 Å². The molecule has 1 rings (SSSR count). The fraction of sp³-hybridized carbons (Fsp3) is 0.529. The molecule has 0 aliphatic carbocycles. The number of nitrogens with one attached hydrogen (secondary N) is 3. The number of carbonyl (C=O) groups is 1. The van der Waals surface area contributed by atoms with Crippen LogP contribution in [0.5, 0.6) is 5.75 Å². The summed E-state index contributed by atoms with van der Waals surface area (Å²) in [6.07, 6.45) is -0.898. The smallest absolute Gasteiger partial charge is 0.387 e. The number of hydrogen-bond acceptors (Lipinski definition) is 5. The standard InChI is InChI=1S/C17H26F2N4O4/c1-3-20-17(23-11-15(25)21-8-9-26-2)22-10-14(24)12-4-6-13(7-5-12)27-16(18)19/h4-7,14,16,24H,3,8-11H2,1-2H3,(H,21,25)(H2,20,22,23). The number of alkyl halides is 2. The van der Waals surface area contributed by atoms with Gasteiger partial charge in [0, 0.05) is 26.7 Å².